The third-order valence-electron chi connectivity index (χ3n) is 3.42. The summed E-state index contributed by atoms with van der Waals surface area (Å²) in [6.07, 6.45) is -4.45. The van der Waals surface area contributed by atoms with Crippen LogP contribution in [0.5, 0.6) is 0 Å². The Balaban J connectivity index is 1.80. The van der Waals surface area contributed by atoms with Crippen molar-refractivity contribution >= 4 is 21.4 Å². The lowest BCUT2D eigenvalue weighted by Gasteiger charge is -2.05. The molecule has 0 N–H and O–H groups in total. The third-order valence-corrected chi connectivity index (χ3v) is 5.30. The molecule has 0 saturated heterocycles. The Labute approximate surface area is 151 Å². The number of benzene rings is 2. The van der Waals surface area contributed by atoms with Crippen LogP contribution in [-0.4, -0.2) is 18.6 Å². The summed E-state index contributed by atoms with van der Waals surface area (Å²) in [5.41, 5.74) is -0.563. The van der Waals surface area contributed by atoms with Crippen LogP contribution in [0.2, 0.25) is 5.02 Å². The van der Waals surface area contributed by atoms with E-state index >= 15 is 0 Å². The molecule has 3 aromatic rings. The molecule has 0 aliphatic carbocycles. The lowest BCUT2D eigenvalue weighted by atomic mass is 10.1. The van der Waals surface area contributed by atoms with Gasteiger partial charge in [0.1, 0.15) is 5.75 Å². The summed E-state index contributed by atoms with van der Waals surface area (Å²) in [6.45, 7) is 0. The van der Waals surface area contributed by atoms with Crippen molar-refractivity contribution in [3.63, 3.8) is 0 Å². The summed E-state index contributed by atoms with van der Waals surface area (Å²) in [7, 11) is -3.72. The predicted octanol–water partition coefficient (Wildman–Crippen LogP) is 4.38. The van der Waals surface area contributed by atoms with E-state index in [9.17, 15) is 21.6 Å². The van der Waals surface area contributed by atoms with Crippen molar-refractivity contribution in [2.45, 2.75) is 16.8 Å². The average Bonchev–Trinajstić information content (AvgIpc) is 3.02. The van der Waals surface area contributed by atoms with Crippen molar-refractivity contribution in [3.05, 3.63) is 64.9 Å². The topological polar surface area (TPSA) is 73.1 Å². The van der Waals surface area contributed by atoms with Crippen LogP contribution in [0.4, 0.5) is 13.2 Å². The predicted molar refractivity (Wildman–Crippen MR) is 87.1 cm³/mol. The minimum absolute atomic E-state index is 0.0442. The first-order chi connectivity index (χ1) is 12.1. The third kappa shape index (κ3) is 4.05. The van der Waals surface area contributed by atoms with E-state index in [0.717, 1.165) is 12.1 Å². The molecule has 26 heavy (non-hydrogen) atoms. The Morgan fingerprint density at radius 2 is 1.62 bits per heavy atom. The van der Waals surface area contributed by atoms with Gasteiger partial charge in [-0.2, -0.15) is 18.2 Å². The number of hydrogen-bond donors (Lipinski definition) is 0. The fourth-order valence-corrected chi connectivity index (χ4v) is 3.43. The van der Waals surface area contributed by atoms with Crippen molar-refractivity contribution in [1.82, 2.24) is 10.1 Å². The Morgan fingerprint density at radius 3 is 2.19 bits per heavy atom. The molecule has 1 aromatic heterocycles. The largest absolute Gasteiger partial charge is 0.416 e. The Hall–Kier alpha value is -2.39. The molecule has 0 radical (unpaired) electrons. The maximum Gasteiger partial charge on any atom is 0.416 e. The maximum absolute atomic E-state index is 12.6. The fourth-order valence-electron chi connectivity index (χ4n) is 2.13. The van der Waals surface area contributed by atoms with E-state index in [1.54, 1.807) is 0 Å². The van der Waals surface area contributed by atoms with Crippen molar-refractivity contribution in [2.75, 3.05) is 0 Å². The van der Waals surface area contributed by atoms with Crippen molar-refractivity contribution in [3.8, 4) is 11.5 Å². The molecular formula is C16H10ClF3N2O3S. The van der Waals surface area contributed by atoms with Crippen LogP contribution in [0.1, 0.15) is 11.4 Å². The molecule has 0 aliphatic rings. The Morgan fingerprint density at radius 1 is 1.00 bits per heavy atom. The van der Waals surface area contributed by atoms with Crippen LogP contribution >= 0.6 is 11.6 Å². The van der Waals surface area contributed by atoms with Crippen molar-refractivity contribution < 1.29 is 26.1 Å². The van der Waals surface area contributed by atoms with Gasteiger partial charge in [0, 0.05) is 10.6 Å². The van der Waals surface area contributed by atoms with Gasteiger partial charge in [0.05, 0.1) is 10.5 Å². The molecule has 0 amide bonds. The highest BCUT2D eigenvalue weighted by Crippen LogP contribution is 2.30. The second-order valence-electron chi connectivity index (χ2n) is 5.30. The first kappa shape index (κ1) is 18.4. The molecular weight excluding hydrogens is 393 g/mol. The smallest absolute Gasteiger partial charge is 0.334 e. The Kier molecular flexibility index (Phi) is 4.76. The summed E-state index contributed by atoms with van der Waals surface area (Å²) in [5.74, 6) is -0.687. The lowest BCUT2D eigenvalue weighted by Crippen LogP contribution is -2.06. The summed E-state index contributed by atoms with van der Waals surface area (Å²) < 4.78 is 67.3. The van der Waals surface area contributed by atoms with Crippen LogP contribution in [0.25, 0.3) is 11.5 Å². The van der Waals surface area contributed by atoms with E-state index in [-0.39, 0.29) is 22.2 Å². The molecule has 0 fully saturated rings. The average molecular weight is 403 g/mol. The van der Waals surface area contributed by atoms with Crippen molar-refractivity contribution in [2.24, 2.45) is 0 Å². The van der Waals surface area contributed by atoms with E-state index < -0.39 is 27.3 Å². The highest BCUT2D eigenvalue weighted by Gasteiger charge is 2.30. The van der Waals surface area contributed by atoms with Crippen LogP contribution in [0, 0.1) is 0 Å². The Bertz CT molecular complexity index is 1010. The van der Waals surface area contributed by atoms with E-state index in [0.29, 0.717) is 5.02 Å². The fraction of sp³-hybridized carbons (Fsp3) is 0.125. The minimum Gasteiger partial charge on any atom is -0.334 e. The maximum atomic E-state index is 12.6. The molecule has 0 unspecified atom stereocenters. The van der Waals surface area contributed by atoms with E-state index in [1.807, 2.05) is 0 Å². The highest BCUT2D eigenvalue weighted by atomic mass is 35.5. The molecule has 0 atom stereocenters. The van der Waals surface area contributed by atoms with E-state index in [1.165, 1.54) is 36.4 Å². The summed E-state index contributed by atoms with van der Waals surface area (Å²) in [5, 5.41) is 3.97. The second kappa shape index (κ2) is 6.73. The summed E-state index contributed by atoms with van der Waals surface area (Å²) in [6, 6.07) is 9.70. The van der Waals surface area contributed by atoms with Gasteiger partial charge in [0.15, 0.2) is 15.7 Å². The van der Waals surface area contributed by atoms with Gasteiger partial charge in [-0.15, -0.1) is 0 Å². The number of hydrogen-bond acceptors (Lipinski definition) is 5. The van der Waals surface area contributed by atoms with Crippen LogP contribution in [0.15, 0.2) is 57.9 Å². The quantitative estimate of drug-likeness (QED) is 0.647. The summed E-state index contributed by atoms with van der Waals surface area (Å²) in [4.78, 5) is 3.98. The zero-order chi connectivity index (χ0) is 18.9. The van der Waals surface area contributed by atoms with Gasteiger partial charge in [-0.3, -0.25) is 0 Å². The number of rotatable bonds is 4. The second-order valence-corrected chi connectivity index (χ2v) is 7.73. The lowest BCUT2D eigenvalue weighted by molar-refractivity contribution is -0.137. The number of halogens is 4. The van der Waals surface area contributed by atoms with Gasteiger partial charge in [-0.1, -0.05) is 16.8 Å². The molecule has 0 bridgehead atoms. The first-order valence-electron chi connectivity index (χ1n) is 7.14. The van der Waals surface area contributed by atoms with Gasteiger partial charge in [-0.25, -0.2) is 8.42 Å². The molecule has 10 heteroatoms. The number of alkyl halides is 3. The standard InChI is InChI=1S/C16H10ClF3N2O3S/c17-12-5-7-13(8-6-12)26(23,24)9-14-21-15(25-22-14)10-1-3-11(4-2-10)16(18,19)20/h1-8H,9H2. The number of aromatic nitrogens is 2. The van der Waals surface area contributed by atoms with Gasteiger partial charge in [-0.05, 0) is 48.5 Å². The molecule has 5 nitrogen and oxygen atoms in total. The highest BCUT2D eigenvalue weighted by molar-refractivity contribution is 7.90. The molecule has 3 rings (SSSR count). The first-order valence-corrected chi connectivity index (χ1v) is 9.17. The van der Waals surface area contributed by atoms with Crippen LogP contribution in [-0.2, 0) is 21.8 Å². The molecule has 0 spiro atoms. The minimum atomic E-state index is -4.45. The molecule has 0 aliphatic heterocycles. The van der Waals surface area contributed by atoms with Gasteiger partial charge in [0.25, 0.3) is 5.89 Å². The molecule has 136 valence electrons. The SMILES string of the molecule is O=S(=O)(Cc1noc(-c2ccc(C(F)(F)F)cc2)n1)c1ccc(Cl)cc1. The molecule has 0 saturated carbocycles. The van der Waals surface area contributed by atoms with Gasteiger partial charge in [0.2, 0.25) is 0 Å². The van der Waals surface area contributed by atoms with E-state index in [2.05, 4.69) is 10.1 Å². The summed E-state index contributed by atoms with van der Waals surface area (Å²) >= 11 is 5.73. The van der Waals surface area contributed by atoms with Gasteiger partial charge < -0.3 is 4.52 Å². The molecule has 1 heterocycles. The van der Waals surface area contributed by atoms with Crippen LogP contribution < -0.4 is 0 Å². The monoisotopic (exact) mass is 402 g/mol. The normalized spacial score (nSPS) is 12.3. The number of nitrogens with zero attached hydrogens (tertiary/aromatic N) is 2. The molecule has 2 aromatic carbocycles. The number of sulfone groups is 1. The van der Waals surface area contributed by atoms with Crippen molar-refractivity contribution in [1.29, 1.82) is 0 Å². The zero-order valence-electron chi connectivity index (χ0n) is 12.9. The van der Waals surface area contributed by atoms with E-state index in [4.69, 9.17) is 16.1 Å². The zero-order valence-corrected chi connectivity index (χ0v) is 14.4. The van der Waals surface area contributed by atoms with Gasteiger partial charge >= 0.3 is 6.18 Å². The van der Waals surface area contributed by atoms with Crippen LogP contribution in [0.3, 0.4) is 0 Å².